The molecule has 0 saturated heterocycles. The van der Waals surface area contributed by atoms with Crippen LogP contribution in [-0.2, 0) is 6.42 Å². The van der Waals surface area contributed by atoms with Crippen molar-refractivity contribution in [3.05, 3.63) is 58.5 Å². The van der Waals surface area contributed by atoms with Gasteiger partial charge < -0.3 is 9.32 Å². The van der Waals surface area contributed by atoms with E-state index in [1.54, 1.807) is 31.2 Å². The lowest BCUT2D eigenvalue weighted by atomic mass is 9.93. The van der Waals surface area contributed by atoms with E-state index in [1.807, 2.05) is 18.2 Å². The van der Waals surface area contributed by atoms with Gasteiger partial charge in [-0.25, -0.2) is 5.43 Å². The standard InChI is InChI=1S/C21H19N5O3/c1-14-18-16(24-25-20(27)15-6-3-2-4-7-15)8-5-9-17(18)29-19(14)21(28)26(12-10-22)13-11-23/h2-4,6-7H,5,8-9,12-13H2,1H3,(H,25,27)/b24-16+. The molecule has 0 aliphatic heterocycles. The van der Waals surface area contributed by atoms with Crippen molar-refractivity contribution in [2.24, 2.45) is 5.10 Å². The SMILES string of the molecule is Cc1c(C(=O)N(CC#N)CC#N)oc2c1/C(=N/NC(=O)c1ccccc1)CCC2. The van der Waals surface area contributed by atoms with Gasteiger partial charge in [0.05, 0.1) is 17.9 Å². The number of nitriles is 2. The van der Waals surface area contributed by atoms with Gasteiger partial charge in [-0.15, -0.1) is 0 Å². The third-order valence-electron chi connectivity index (χ3n) is 4.66. The first-order valence-corrected chi connectivity index (χ1v) is 9.14. The molecule has 0 atom stereocenters. The van der Waals surface area contributed by atoms with Crippen molar-refractivity contribution in [3.63, 3.8) is 0 Å². The lowest BCUT2D eigenvalue weighted by Gasteiger charge is -2.14. The minimum absolute atomic E-state index is 0.101. The summed E-state index contributed by atoms with van der Waals surface area (Å²) in [5.41, 5.74) is 5.01. The molecule has 2 aromatic rings. The van der Waals surface area contributed by atoms with Gasteiger partial charge in [0.15, 0.2) is 5.76 Å². The molecule has 0 fully saturated rings. The van der Waals surface area contributed by atoms with Crippen molar-refractivity contribution in [1.29, 1.82) is 10.5 Å². The molecule has 0 saturated carbocycles. The smallest absolute Gasteiger partial charge is 0.291 e. The Morgan fingerprint density at radius 3 is 2.52 bits per heavy atom. The second-order valence-electron chi connectivity index (χ2n) is 6.55. The van der Waals surface area contributed by atoms with Gasteiger partial charge in [0.1, 0.15) is 18.8 Å². The maximum absolute atomic E-state index is 12.7. The van der Waals surface area contributed by atoms with Gasteiger partial charge >= 0.3 is 0 Å². The number of carbonyl (C=O) groups excluding carboxylic acids is 2. The van der Waals surface area contributed by atoms with Crippen molar-refractivity contribution in [2.75, 3.05) is 13.1 Å². The first-order valence-electron chi connectivity index (χ1n) is 9.14. The zero-order chi connectivity index (χ0) is 20.8. The Balaban J connectivity index is 1.88. The topological polar surface area (TPSA) is 122 Å². The number of hydrazone groups is 1. The van der Waals surface area contributed by atoms with Crippen LogP contribution in [0, 0.1) is 29.6 Å². The summed E-state index contributed by atoms with van der Waals surface area (Å²) in [6.45, 7) is 1.34. The molecule has 3 rings (SSSR count). The van der Waals surface area contributed by atoms with Crippen molar-refractivity contribution >= 4 is 17.5 Å². The van der Waals surface area contributed by atoms with E-state index in [-0.39, 0.29) is 24.8 Å². The molecule has 1 aromatic heterocycles. The number of hydrogen-bond donors (Lipinski definition) is 1. The molecule has 1 aliphatic carbocycles. The van der Waals surface area contributed by atoms with E-state index < -0.39 is 5.91 Å². The second kappa shape index (κ2) is 8.85. The fraction of sp³-hybridized carbons (Fsp3) is 0.286. The van der Waals surface area contributed by atoms with Crippen LogP contribution in [0.4, 0.5) is 0 Å². The van der Waals surface area contributed by atoms with Crippen LogP contribution >= 0.6 is 0 Å². The van der Waals surface area contributed by atoms with Crippen molar-refractivity contribution in [3.8, 4) is 12.1 Å². The molecule has 0 spiro atoms. The molecule has 0 radical (unpaired) electrons. The number of benzene rings is 1. The van der Waals surface area contributed by atoms with Gasteiger partial charge in [0.2, 0.25) is 0 Å². The van der Waals surface area contributed by atoms with E-state index in [9.17, 15) is 9.59 Å². The number of rotatable bonds is 5. The molecule has 146 valence electrons. The van der Waals surface area contributed by atoms with E-state index >= 15 is 0 Å². The highest BCUT2D eigenvalue weighted by Gasteiger charge is 2.30. The first-order chi connectivity index (χ1) is 14.1. The van der Waals surface area contributed by atoms with Gasteiger partial charge in [-0.2, -0.15) is 15.6 Å². The molecule has 1 heterocycles. The van der Waals surface area contributed by atoms with E-state index in [0.29, 0.717) is 41.0 Å². The van der Waals surface area contributed by atoms with Crippen LogP contribution in [0.2, 0.25) is 0 Å². The summed E-state index contributed by atoms with van der Waals surface area (Å²) < 4.78 is 5.79. The Bertz CT molecular complexity index is 1020. The maximum atomic E-state index is 12.7. The van der Waals surface area contributed by atoms with Crippen LogP contribution in [0.5, 0.6) is 0 Å². The highest BCUT2D eigenvalue weighted by Crippen LogP contribution is 2.30. The third kappa shape index (κ3) is 4.17. The minimum Gasteiger partial charge on any atom is -0.455 e. The Morgan fingerprint density at radius 2 is 1.86 bits per heavy atom. The number of hydrogen-bond acceptors (Lipinski definition) is 6. The number of carbonyl (C=O) groups is 2. The number of nitrogens with one attached hydrogen (secondary N) is 1. The summed E-state index contributed by atoms with van der Waals surface area (Å²) in [6, 6.07) is 12.5. The molecular weight excluding hydrogens is 370 g/mol. The molecule has 29 heavy (non-hydrogen) atoms. The van der Waals surface area contributed by atoms with Crippen LogP contribution in [-0.4, -0.2) is 35.5 Å². The largest absolute Gasteiger partial charge is 0.455 e. The fourth-order valence-electron chi connectivity index (χ4n) is 3.27. The predicted molar refractivity (Wildman–Crippen MR) is 104 cm³/mol. The number of aryl methyl sites for hydroxylation is 1. The summed E-state index contributed by atoms with van der Waals surface area (Å²) in [5.74, 6) is -0.104. The lowest BCUT2D eigenvalue weighted by molar-refractivity contribution is 0.0760. The molecule has 2 amide bonds. The van der Waals surface area contributed by atoms with Gasteiger partial charge in [-0.1, -0.05) is 18.2 Å². The summed E-state index contributed by atoms with van der Waals surface area (Å²) in [6.07, 6.45) is 2.05. The minimum atomic E-state index is -0.507. The zero-order valence-electron chi connectivity index (χ0n) is 15.9. The van der Waals surface area contributed by atoms with Crippen molar-refractivity contribution in [2.45, 2.75) is 26.2 Å². The van der Waals surface area contributed by atoms with Crippen molar-refractivity contribution < 1.29 is 14.0 Å². The maximum Gasteiger partial charge on any atom is 0.291 e. The summed E-state index contributed by atoms with van der Waals surface area (Å²) >= 11 is 0. The average Bonchev–Trinajstić information content (AvgIpc) is 3.09. The number of fused-ring (bicyclic) bond motifs is 1. The summed E-state index contributed by atoms with van der Waals surface area (Å²) in [5, 5.41) is 22.1. The van der Waals surface area contributed by atoms with Crippen LogP contribution in [0.15, 0.2) is 39.9 Å². The number of nitrogens with zero attached hydrogens (tertiary/aromatic N) is 4. The fourth-order valence-corrected chi connectivity index (χ4v) is 3.27. The highest BCUT2D eigenvalue weighted by molar-refractivity contribution is 6.07. The van der Waals surface area contributed by atoms with E-state index in [4.69, 9.17) is 14.9 Å². The molecule has 8 heteroatoms. The first kappa shape index (κ1) is 19.8. The highest BCUT2D eigenvalue weighted by atomic mass is 16.4. The number of furan rings is 1. The third-order valence-corrected chi connectivity index (χ3v) is 4.66. The van der Waals surface area contributed by atoms with Gasteiger partial charge in [0.25, 0.3) is 11.8 Å². The monoisotopic (exact) mass is 389 g/mol. The zero-order valence-corrected chi connectivity index (χ0v) is 15.9. The quantitative estimate of drug-likeness (QED) is 0.622. The summed E-state index contributed by atoms with van der Waals surface area (Å²) in [4.78, 5) is 26.1. The molecule has 0 unspecified atom stereocenters. The molecule has 1 aliphatic rings. The lowest BCUT2D eigenvalue weighted by Crippen LogP contribution is -2.32. The molecule has 1 N–H and O–H groups in total. The molecule has 0 bridgehead atoms. The van der Waals surface area contributed by atoms with Crippen LogP contribution in [0.1, 0.15) is 50.6 Å². The van der Waals surface area contributed by atoms with E-state index in [1.165, 1.54) is 0 Å². The average molecular weight is 389 g/mol. The normalized spacial score (nSPS) is 13.8. The Kier molecular flexibility index (Phi) is 6.06. The van der Waals surface area contributed by atoms with E-state index in [0.717, 1.165) is 11.3 Å². The molecule has 1 aromatic carbocycles. The molecule has 8 nitrogen and oxygen atoms in total. The Hall–Kier alpha value is -3.91. The van der Waals surface area contributed by atoms with Gasteiger partial charge in [-0.05, 0) is 31.9 Å². The Labute approximate surface area is 168 Å². The second-order valence-corrected chi connectivity index (χ2v) is 6.55. The predicted octanol–water partition coefficient (Wildman–Crippen LogP) is 2.55. The molecular formula is C21H19N5O3. The number of amides is 2. The van der Waals surface area contributed by atoms with Crippen LogP contribution < -0.4 is 5.43 Å². The van der Waals surface area contributed by atoms with Crippen LogP contribution in [0.25, 0.3) is 0 Å². The Morgan fingerprint density at radius 1 is 1.17 bits per heavy atom. The van der Waals surface area contributed by atoms with Gasteiger partial charge in [-0.3, -0.25) is 9.59 Å². The summed E-state index contributed by atoms with van der Waals surface area (Å²) in [7, 11) is 0. The van der Waals surface area contributed by atoms with E-state index in [2.05, 4.69) is 10.5 Å². The van der Waals surface area contributed by atoms with Crippen molar-refractivity contribution in [1.82, 2.24) is 10.3 Å². The van der Waals surface area contributed by atoms with Crippen LogP contribution in [0.3, 0.4) is 0 Å². The van der Waals surface area contributed by atoms with Gasteiger partial charge in [0, 0.05) is 23.1 Å².